The zero-order chi connectivity index (χ0) is 14.0. The summed E-state index contributed by atoms with van der Waals surface area (Å²) in [6.45, 7) is 0. The third-order valence-electron chi connectivity index (χ3n) is 2.21. The minimum Gasteiger partial charge on any atom is -0.399 e. The maximum absolute atomic E-state index is 11.9. The maximum Gasteiger partial charge on any atom is 0.346 e. The van der Waals surface area contributed by atoms with E-state index in [0.717, 1.165) is 11.3 Å². The molecule has 3 N–H and O–H groups in total. The predicted molar refractivity (Wildman–Crippen MR) is 76.4 cm³/mol. The van der Waals surface area contributed by atoms with Crippen LogP contribution in [0.1, 0.15) is 0 Å². The van der Waals surface area contributed by atoms with Gasteiger partial charge < -0.3 is 11.1 Å². The number of carbonyl (C=O) groups excluding carboxylic acids is 1. The molecule has 0 atom stereocenters. The molecule has 0 saturated carbocycles. The molecule has 1 amide bonds. The Morgan fingerprint density at radius 3 is 2.32 bits per heavy atom. The molecule has 0 unspecified atom stereocenters. The molecule has 8 heteroatoms. The molecule has 0 aliphatic heterocycles. The molecule has 0 aliphatic rings. The molecule has 0 radical (unpaired) electrons. The van der Waals surface area contributed by atoms with Crippen LogP contribution in [0.25, 0.3) is 0 Å². The summed E-state index contributed by atoms with van der Waals surface area (Å²) in [5, 5.41) is 1.20. The molecule has 0 fully saturated rings. The van der Waals surface area contributed by atoms with E-state index in [9.17, 15) is 13.2 Å². The molecule has 1 heterocycles. The van der Waals surface area contributed by atoms with Crippen molar-refractivity contribution in [2.75, 3.05) is 11.1 Å². The number of nitrogens with one attached hydrogen (secondary N) is 1. The van der Waals surface area contributed by atoms with Crippen LogP contribution >= 0.6 is 22.9 Å². The van der Waals surface area contributed by atoms with Crippen LogP contribution in [0.2, 0.25) is 4.34 Å². The van der Waals surface area contributed by atoms with E-state index >= 15 is 0 Å². The Hall–Kier alpha value is -1.57. The first-order valence-corrected chi connectivity index (χ1v) is 7.74. The number of sulfone groups is 1. The van der Waals surface area contributed by atoms with Crippen molar-refractivity contribution < 1.29 is 13.2 Å². The van der Waals surface area contributed by atoms with Gasteiger partial charge in [0.05, 0.1) is 4.34 Å². The van der Waals surface area contributed by atoms with Gasteiger partial charge >= 0.3 is 5.24 Å². The van der Waals surface area contributed by atoms with Gasteiger partial charge in [0, 0.05) is 11.4 Å². The minimum absolute atomic E-state index is 0.0922. The second-order valence-electron chi connectivity index (χ2n) is 3.60. The molecule has 1 aromatic heterocycles. The lowest BCUT2D eigenvalue weighted by Gasteiger charge is -2.05. The van der Waals surface area contributed by atoms with E-state index in [0.29, 0.717) is 15.7 Å². The first-order valence-electron chi connectivity index (χ1n) is 5.06. The first-order chi connectivity index (χ1) is 8.89. The van der Waals surface area contributed by atoms with Gasteiger partial charge in [0.25, 0.3) is 9.84 Å². The Bertz CT molecular complexity index is 708. The van der Waals surface area contributed by atoms with Crippen molar-refractivity contribution in [2.45, 2.75) is 4.21 Å². The fraction of sp³-hybridized carbons (Fsp3) is 0. The van der Waals surface area contributed by atoms with Crippen LogP contribution in [0.15, 0.2) is 40.6 Å². The van der Waals surface area contributed by atoms with Gasteiger partial charge in [-0.1, -0.05) is 11.6 Å². The molecule has 0 aliphatic carbocycles. The Morgan fingerprint density at radius 1 is 1.16 bits per heavy atom. The van der Waals surface area contributed by atoms with E-state index in [1.54, 1.807) is 12.1 Å². The zero-order valence-electron chi connectivity index (χ0n) is 9.46. The number of amides is 1. The van der Waals surface area contributed by atoms with E-state index in [1.165, 1.54) is 24.3 Å². The highest BCUT2D eigenvalue weighted by molar-refractivity contribution is 8.07. The number of rotatable bonds is 2. The summed E-state index contributed by atoms with van der Waals surface area (Å²) in [6, 6.07) is 8.88. The van der Waals surface area contributed by atoms with Crippen LogP contribution in [0.5, 0.6) is 0 Å². The molecule has 2 aromatic rings. The van der Waals surface area contributed by atoms with Crippen LogP contribution in [0.4, 0.5) is 16.2 Å². The summed E-state index contributed by atoms with van der Waals surface area (Å²) in [7, 11) is -4.07. The van der Waals surface area contributed by atoms with Gasteiger partial charge in [0.1, 0.15) is 4.21 Å². The maximum atomic E-state index is 11.9. The smallest absolute Gasteiger partial charge is 0.346 e. The van der Waals surface area contributed by atoms with Crippen molar-refractivity contribution in [3.63, 3.8) is 0 Å². The van der Waals surface area contributed by atoms with E-state index < -0.39 is 15.1 Å². The Labute approximate surface area is 118 Å². The molecule has 0 spiro atoms. The summed E-state index contributed by atoms with van der Waals surface area (Å²) in [5.74, 6) is 0. The van der Waals surface area contributed by atoms with Crippen LogP contribution in [-0.2, 0) is 9.84 Å². The van der Waals surface area contributed by atoms with Crippen LogP contribution in [0.3, 0.4) is 0 Å². The van der Waals surface area contributed by atoms with Gasteiger partial charge in [-0.25, -0.2) is 8.42 Å². The number of benzene rings is 1. The van der Waals surface area contributed by atoms with Crippen molar-refractivity contribution in [2.24, 2.45) is 0 Å². The number of nitrogen functional groups attached to an aromatic ring is 1. The molecular formula is C11H9ClN2O3S2. The molecular weight excluding hydrogens is 308 g/mol. The average Bonchev–Trinajstić information content (AvgIpc) is 2.79. The number of anilines is 2. The highest BCUT2D eigenvalue weighted by atomic mass is 35.5. The number of carbonyl (C=O) groups is 1. The number of halogens is 1. The lowest BCUT2D eigenvalue weighted by Crippen LogP contribution is -2.20. The van der Waals surface area contributed by atoms with Crippen LogP contribution < -0.4 is 11.1 Å². The van der Waals surface area contributed by atoms with Gasteiger partial charge in [-0.2, -0.15) is 0 Å². The van der Waals surface area contributed by atoms with E-state index in [-0.39, 0.29) is 4.21 Å². The summed E-state index contributed by atoms with van der Waals surface area (Å²) in [4.78, 5) is 11.8. The highest BCUT2D eigenvalue weighted by Gasteiger charge is 2.26. The fourth-order valence-electron chi connectivity index (χ4n) is 1.28. The zero-order valence-corrected chi connectivity index (χ0v) is 11.8. The molecule has 2 rings (SSSR count). The molecule has 0 bridgehead atoms. The van der Waals surface area contributed by atoms with E-state index in [2.05, 4.69) is 5.32 Å². The van der Waals surface area contributed by atoms with Gasteiger partial charge in [0.2, 0.25) is 0 Å². The van der Waals surface area contributed by atoms with Crippen molar-refractivity contribution in [3.05, 3.63) is 40.7 Å². The molecule has 19 heavy (non-hydrogen) atoms. The SMILES string of the molecule is Nc1ccc(NC(=O)S(=O)(=O)c2ccc(Cl)s2)cc1. The van der Waals surface area contributed by atoms with E-state index in [1.807, 2.05) is 0 Å². The molecule has 5 nitrogen and oxygen atoms in total. The van der Waals surface area contributed by atoms with Crippen LogP contribution in [0, 0.1) is 0 Å². The van der Waals surface area contributed by atoms with Gasteiger partial charge in [-0.15, -0.1) is 11.3 Å². The largest absolute Gasteiger partial charge is 0.399 e. The normalized spacial score (nSPS) is 11.2. The lowest BCUT2D eigenvalue weighted by molar-refractivity contribution is 0.267. The van der Waals surface area contributed by atoms with Crippen molar-refractivity contribution >= 4 is 49.4 Å². The fourth-order valence-corrected chi connectivity index (χ4v) is 3.82. The van der Waals surface area contributed by atoms with Crippen molar-refractivity contribution in [3.8, 4) is 0 Å². The summed E-state index contributed by atoms with van der Waals surface area (Å²) in [6.07, 6.45) is 0. The number of nitrogens with two attached hydrogens (primary N) is 1. The average molecular weight is 317 g/mol. The van der Waals surface area contributed by atoms with Gasteiger partial charge in [-0.3, -0.25) is 4.79 Å². The van der Waals surface area contributed by atoms with Crippen LogP contribution in [-0.4, -0.2) is 13.7 Å². The standard InChI is InChI=1S/C11H9ClN2O3S2/c12-9-5-6-10(18-9)19(16,17)11(15)14-8-3-1-7(13)2-4-8/h1-6H,13H2,(H,14,15). The Morgan fingerprint density at radius 2 is 1.79 bits per heavy atom. The van der Waals surface area contributed by atoms with E-state index in [4.69, 9.17) is 17.3 Å². The van der Waals surface area contributed by atoms with Gasteiger partial charge in [0.15, 0.2) is 0 Å². The topological polar surface area (TPSA) is 89.3 Å². The molecule has 0 saturated heterocycles. The second kappa shape index (κ2) is 5.20. The number of hydrogen-bond acceptors (Lipinski definition) is 5. The van der Waals surface area contributed by atoms with Crippen molar-refractivity contribution in [1.29, 1.82) is 0 Å². The third kappa shape index (κ3) is 3.06. The Kier molecular flexibility index (Phi) is 3.79. The highest BCUT2D eigenvalue weighted by Crippen LogP contribution is 2.27. The first kappa shape index (κ1) is 13.9. The summed E-state index contributed by atoms with van der Waals surface area (Å²) < 4.78 is 24.1. The van der Waals surface area contributed by atoms with Gasteiger partial charge in [-0.05, 0) is 36.4 Å². The van der Waals surface area contributed by atoms with Crippen molar-refractivity contribution in [1.82, 2.24) is 0 Å². The predicted octanol–water partition coefficient (Wildman–Crippen LogP) is 2.99. The number of hydrogen-bond donors (Lipinski definition) is 2. The Balaban J connectivity index is 2.22. The third-order valence-corrected chi connectivity index (χ3v) is 5.40. The lowest BCUT2D eigenvalue weighted by atomic mass is 10.3. The quantitative estimate of drug-likeness (QED) is 0.833. The minimum atomic E-state index is -4.07. The molecule has 1 aromatic carbocycles. The number of thiophene rings is 1. The second-order valence-corrected chi connectivity index (χ2v) is 7.39. The summed E-state index contributed by atoms with van der Waals surface area (Å²) in [5.41, 5.74) is 6.36. The molecule has 100 valence electrons. The summed E-state index contributed by atoms with van der Waals surface area (Å²) >= 11 is 6.49. The monoisotopic (exact) mass is 316 g/mol.